The van der Waals surface area contributed by atoms with Crippen LogP contribution in [0.4, 0.5) is 5.69 Å². The van der Waals surface area contributed by atoms with E-state index >= 15 is 0 Å². The van der Waals surface area contributed by atoms with Crippen LogP contribution in [0.25, 0.3) is 10.2 Å². The molecule has 0 saturated carbocycles. The lowest BCUT2D eigenvalue weighted by Gasteiger charge is -2.16. The van der Waals surface area contributed by atoms with Gasteiger partial charge in [-0.3, -0.25) is 9.48 Å². The van der Waals surface area contributed by atoms with Crippen LogP contribution in [0.3, 0.4) is 0 Å². The molecular formula is C21H19N3OS. The van der Waals surface area contributed by atoms with Gasteiger partial charge in [-0.15, -0.1) is 11.3 Å². The van der Waals surface area contributed by atoms with Gasteiger partial charge in [0.2, 0.25) is 0 Å². The Labute approximate surface area is 156 Å². The monoisotopic (exact) mass is 361 g/mol. The number of benzene rings is 2. The minimum atomic E-state index is 0.00283. The molecule has 0 spiro atoms. The first-order chi connectivity index (χ1) is 12.6. The minimum Gasteiger partial charge on any atom is -0.311 e. The van der Waals surface area contributed by atoms with Crippen molar-refractivity contribution in [2.24, 2.45) is 0 Å². The van der Waals surface area contributed by atoms with Crippen molar-refractivity contribution in [2.75, 3.05) is 11.9 Å². The van der Waals surface area contributed by atoms with E-state index < -0.39 is 0 Å². The Bertz CT molecular complexity index is 1050. The first kappa shape index (κ1) is 16.5. The molecule has 4 nitrogen and oxygen atoms in total. The van der Waals surface area contributed by atoms with Crippen molar-refractivity contribution >= 4 is 33.1 Å². The number of amides is 1. The lowest BCUT2D eigenvalue weighted by molar-refractivity contribution is 0.0997. The van der Waals surface area contributed by atoms with Crippen LogP contribution in [0.15, 0.2) is 66.7 Å². The van der Waals surface area contributed by atoms with E-state index in [-0.39, 0.29) is 5.91 Å². The highest BCUT2D eigenvalue weighted by Gasteiger charge is 2.19. The molecule has 1 amide bonds. The van der Waals surface area contributed by atoms with Gasteiger partial charge in [0.05, 0.1) is 17.1 Å². The third-order valence-corrected chi connectivity index (χ3v) is 5.58. The van der Waals surface area contributed by atoms with Crippen LogP contribution in [0.1, 0.15) is 20.9 Å². The van der Waals surface area contributed by atoms with Gasteiger partial charge in [-0.05, 0) is 30.7 Å². The second-order valence-electron chi connectivity index (χ2n) is 6.26. The van der Waals surface area contributed by atoms with E-state index in [9.17, 15) is 4.79 Å². The van der Waals surface area contributed by atoms with Gasteiger partial charge >= 0.3 is 0 Å². The fraction of sp³-hybridized carbons (Fsp3) is 0.143. The third-order valence-electron chi connectivity index (χ3n) is 4.44. The summed E-state index contributed by atoms with van der Waals surface area (Å²) in [5.74, 6) is 0.00283. The average molecular weight is 361 g/mol. The van der Waals surface area contributed by atoms with Crippen LogP contribution in [-0.2, 0) is 6.54 Å². The van der Waals surface area contributed by atoms with Crippen LogP contribution in [-0.4, -0.2) is 22.7 Å². The van der Waals surface area contributed by atoms with Crippen LogP contribution in [0.5, 0.6) is 0 Å². The Morgan fingerprint density at radius 2 is 1.73 bits per heavy atom. The predicted octanol–water partition coefficient (Wildman–Crippen LogP) is 4.73. The van der Waals surface area contributed by atoms with E-state index in [2.05, 4.69) is 17.2 Å². The molecule has 0 aliphatic heterocycles. The van der Waals surface area contributed by atoms with E-state index in [4.69, 9.17) is 0 Å². The molecule has 0 unspecified atom stereocenters. The lowest BCUT2D eigenvalue weighted by atomic mass is 10.2. The largest absolute Gasteiger partial charge is 0.311 e. The molecule has 0 atom stereocenters. The van der Waals surface area contributed by atoms with E-state index in [1.165, 1.54) is 16.9 Å². The van der Waals surface area contributed by atoms with Crippen LogP contribution in [0, 0.1) is 6.92 Å². The van der Waals surface area contributed by atoms with Gasteiger partial charge in [-0.2, -0.15) is 5.10 Å². The molecule has 26 heavy (non-hydrogen) atoms. The number of nitrogens with zero attached hydrogens (tertiary/aromatic N) is 3. The topological polar surface area (TPSA) is 38.1 Å². The maximum Gasteiger partial charge on any atom is 0.268 e. The molecule has 0 bridgehead atoms. The fourth-order valence-electron chi connectivity index (χ4n) is 3.02. The van der Waals surface area contributed by atoms with Gasteiger partial charge in [0, 0.05) is 18.1 Å². The minimum absolute atomic E-state index is 0.00283. The number of para-hydroxylation sites is 1. The molecule has 2 aromatic carbocycles. The van der Waals surface area contributed by atoms with E-state index in [0.29, 0.717) is 6.54 Å². The van der Waals surface area contributed by atoms with Gasteiger partial charge in [0.15, 0.2) is 0 Å². The second kappa shape index (κ2) is 6.77. The van der Waals surface area contributed by atoms with Gasteiger partial charge in [0.25, 0.3) is 5.91 Å². The number of carbonyl (C=O) groups excluding carboxylic acids is 1. The zero-order valence-electron chi connectivity index (χ0n) is 14.7. The molecule has 0 radical (unpaired) electrons. The Hall–Kier alpha value is -2.92. The average Bonchev–Trinajstić information content (AvgIpc) is 3.24. The standard InChI is InChI=1S/C21H19N3OS/c1-15-18-13-19(20(25)23(2)17-11-7-4-8-12-17)26-21(18)24(22-15)14-16-9-5-3-6-10-16/h3-13H,14H2,1-2H3. The first-order valence-corrected chi connectivity index (χ1v) is 9.29. The van der Waals surface area contributed by atoms with Gasteiger partial charge in [0.1, 0.15) is 4.83 Å². The predicted molar refractivity (Wildman–Crippen MR) is 107 cm³/mol. The van der Waals surface area contributed by atoms with Crippen LogP contribution >= 0.6 is 11.3 Å². The molecule has 0 aliphatic rings. The number of hydrogen-bond donors (Lipinski definition) is 0. The summed E-state index contributed by atoms with van der Waals surface area (Å²) in [4.78, 5) is 16.4. The summed E-state index contributed by atoms with van der Waals surface area (Å²) in [6.45, 7) is 2.69. The molecule has 0 aliphatic carbocycles. The fourth-order valence-corrected chi connectivity index (χ4v) is 4.15. The maximum atomic E-state index is 12.9. The second-order valence-corrected chi connectivity index (χ2v) is 7.29. The Kier molecular flexibility index (Phi) is 4.31. The van der Waals surface area contributed by atoms with Gasteiger partial charge in [-0.1, -0.05) is 48.5 Å². The van der Waals surface area contributed by atoms with Gasteiger partial charge in [-0.25, -0.2) is 0 Å². The van der Waals surface area contributed by atoms with E-state index in [1.54, 1.807) is 4.90 Å². The maximum absolute atomic E-state index is 12.9. The molecule has 0 N–H and O–H groups in total. The van der Waals surface area contributed by atoms with Crippen molar-refractivity contribution in [1.29, 1.82) is 0 Å². The summed E-state index contributed by atoms with van der Waals surface area (Å²) in [6.07, 6.45) is 0. The van der Waals surface area contributed by atoms with Crippen LogP contribution < -0.4 is 4.90 Å². The SMILES string of the molecule is Cc1nn(Cc2ccccc2)c2sc(C(=O)N(C)c3ccccc3)cc12. The van der Waals surface area contributed by atoms with Crippen molar-refractivity contribution in [3.8, 4) is 0 Å². The highest BCUT2D eigenvalue weighted by atomic mass is 32.1. The number of aromatic nitrogens is 2. The zero-order chi connectivity index (χ0) is 18.1. The number of aryl methyl sites for hydroxylation is 1. The number of rotatable bonds is 4. The van der Waals surface area contributed by atoms with Crippen LogP contribution in [0.2, 0.25) is 0 Å². The van der Waals surface area contributed by atoms with Gasteiger partial charge < -0.3 is 4.90 Å². The Balaban J connectivity index is 1.67. The Morgan fingerprint density at radius 1 is 1.08 bits per heavy atom. The van der Waals surface area contributed by atoms with E-state index in [1.807, 2.05) is 73.3 Å². The number of anilines is 1. The number of thiophene rings is 1. The first-order valence-electron chi connectivity index (χ1n) is 8.47. The molecule has 5 heteroatoms. The van der Waals surface area contributed by atoms with Crippen molar-refractivity contribution in [3.05, 3.63) is 82.9 Å². The van der Waals surface area contributed by atoms with E-state index in [0.717, 1.165) is 26.5 Å². The highest BCUT2D eigenvalue weighted by molar-refractivity contribution is 7.20. The smallest absolute Gasteiger partial charge is 0.268 e. The molecule has 130 valence electrons. The molecular weight excluding hydrogens is 342 g/mol. The quantitative estimate of drug-likeness (QED) is 0.527. The molecule has 0 saturated heterocycles. The van der Waals surface area contributed by atoms with Crippen molar-refractivity contribution in [2.45, 2.75) is 13.5 Å². The highest BCUT2D eigenvalue weighted by Crippen LogP contribution is 2.30. The summed E-state index contributed by atoms with van der Waals surface area (Å²) in [5, 5.41) is 5.70. The van der Waals surface area contributed by atoms with Crippen molar-refractivity contribution < 1.29 is 4.79 Å². The third kappa shape index (κ3) is 3.02. The molecule has 4 aromatic rings. The lowest BCUT2D eigenvalue weighted by Crippen LogP contribution is -2.25. The Morgan fingerprint density at radius 3 is 2.42 bits per heavy atom. The van der Waals surface area contributed by atoms with Crippen molar-refractivity contribution in [1.82, 2.24) is 9.78 Å². The number of fused-ring (bicyclic) bond motifs is 1. The zero-order valence-corrected chi connectivity index (χ0v) is 15.5. The number of hydrogen-bond acceptors (Lipinski definition) is 3. The molecule has 2 aromatic heterocycles. The molecule has 4 rings (SSSR count). The molecule has 2 heterocycles. The van der Waals surface area contributed by atoms with Crippen molar-refractivity contribution in [3.63, 3.8) is 0 Å². The summed E-state index contributed by atoms with van der Waals surface area (Å²) < 4.78 is 1.99. The number of carbonyl (C=O) groups is 1. The summed E-state index contributed by atoms with van der Waals surface area (Å²) in [6, 6.07) is 21.9. The summed E-state index contributed by atoms with van der Waals surface area (Å²) >= 11 is 1.50. The summed E-state index contributed by atoms with van der Waals surface area (Å²) in [7, 11) is 1.81. The molecule has 0 fully saturated rings. The summed E-state index contributed by atoms with van der Waals surface area (Å²) in [5.41, 5.74) is 3.03. The normalized spacial score (nSPS) is 11.0.